The van der Waals surface area contributed by atoms with E-state index in [-0.39, 0.29) is 5.69 Å². The molecule has 1 spiro atoms. The van der Waals surface area contributed by atoms with Crippen molar-refractivity contribution in [3.63, 3.8) is 0 Å². The lowest BCUT2D eigenvalue weighted by Crippen LogP contribution is -2.34. The van der Waals surface area contributed by atoms with Gasteiger partial charge in [-0.15, -0.1) is 0 Å². The molecule has 0 amide bonds. The number of nitrogens with one attached hydrogen (secondary N) is 1. The lowest BCUT2D eigenvalue weighted by atomic mass is 10.2. The van der Waals surface area contributed by atoms with Crippen molar-refractivity contribution < 1.29 is 32.2 Å². The normalized spacial score (nSPS) is 17.2. The van der Waals surface area contributed by atoms with Crippen molar-refractivity contribution in [2.75, 3.05) is 4.72 Å². The fraction of sp³-hybridized carbons (Fsp3) is 0.278. The molecule has 0 radical (unpaired) electrons. The maximum atomic E-state index is 13.5. The Hall–Kier alpha value is -2.81. The molecule has 7 nitrogen and oxygen atoms in total. The van der Waals surface area contributed by atoms with Gasteiger partial charge in [0, 0.05) is 24.5 Å². The van der Waals surface area contributed by atoms with Crippen LogP contribution in [0.25, 0.3) is 0 Å². The number of halogens is 1. The number of sulfonamides is 1. The van der Waals surface area contributed by atoms with Crippen LogP contribution >= 0.6 is 0 Å². The first-order valence-electron chi connectivity index (χ1n) is 8.34. The Bertz CT molecular complexity index is 1030. The Kier molecular flexibility index (Phi) is 3.99. The van der Waals surface area contributed by atoms with Gasteiger partial charge < -0.3 is 19.4 Å². The minimum atomic E-state index is -4.14. The van der Waals surface area contributed by atoms with Gasteiger partial charge in [0.05, 0.1) is 16.6 Å². The number of rotatable bonds is 4. The van der Waals surface area contributed by atoms with E-state index in [0.29, 0.717) is 17.6 Å². The summed E-state index contributed by atoms with van der Waals surface area (Å²) < 4.78 is 52.6. The molecule has 1 aliphatic heterocycles. The number of carboxylic acids is 1. The Labute approximate surface area is 154 Å². The van der Waals surface area contributed by atoms with Crippen LogP contribution in [-0.4, -0.2) is 20.2 Å². The first-order valence-corrected chi connectivity index (χ1v) is 9.82. The fourth-order valence-corrected chi connectivity index (χ4v) is 4.39. The van der Waals surface area contributed by atoms with Crippen LogP contribution in [0.4, 0.5) is 10.1 Å². The van der Waals surface area contributed by atoms with Gasteiger partial charge in [-0.05, 0) is 43.2 Å². The van der Waals surface area contributed by atoms with Gasteiger partial charge in [-0.1, -0.05) is 0 Å². The number of carbonyl (C=O) groups is 1. The van der Waals surface area contributed by atoms with E-state index in [1.54, 1.807) is 6.07 Å². The van der Waals surface area contributed by atoms with E-state index < -0.39 is 38.1 Å². The number of aromatic carboxylic acids is 1. The molecule has 0 atom stereocenters. The van der Waals surface area contributed by atoms with Gasteiger partial charge >= 0.3 is 0 Å². The summed E-state index contributed by atoms with van der Waals surface area (Å²) in [6, 6.07) is 7.08. The van der Waals surface area contributed by atoms with E-state index in [9.17, 15) is 22.7 Å². The highest BCUT2D eigenvalue weighted by atomic mass is 32.2. The van der Waals surface area contributed by atoms with Crippen molar-refractivity contribution in [3.8, 4) is 11.5 Å². The van der Waals surface area contributed by atoms with Gasteiger partial charge in [0.25, 0.3) is 15.8 Å². The van der Waals surface area contributed by atoms with Crippen LogP contribution in [-0.2, 0) is 10.0 Å². The number of hydrogen-bond donors (Lipinski definition) is 1. The quantitative estimate of drug-likeness (QED) is 0.854. The van der Waals surface area contributed by atoms with Gasteiger partial charge in [0.15, 0.2) is 11.5 Å². The molecule has 4 rings (SSSR count). The molecular formula is C18H15FNO6S-. The minimum Gasteiger partial charge on any atom is -0.545 e. The lowest BCUT2D eigenvalue weighted by Gasteiger charge is -2.21. The first-order chi connectivity index (χ1) is 12.8. The van der Waals surface area contributed by atoms with Gasteiger partial charge in [0.1, 0.15) is 5.82 Å². The minimum absolute atomic E-state index is 0.215. The average Bonchev–Trinajstić information content (AvgIpc) is 3.20. The van der Waals surface area contributed by atoms with Crippen LogP contribution in [0.3, 0.4) is 0 Å². The van der Waals surface area contributed by atoms with E-state index in [0.717, 1.165) is 37.8 Å². The molecular weight excluding hydrogens is 377 g/mol. The van der Waals surface area contributed by atoms with Crippen molar-refractivity contribution in [1.82, 2.24) is 0 Å². The van der Waals surface area contributed by atoms with Crippen LogP contribution in [0.2, 0.25) is 0 Å². The lowest BCUT2D eigenvalue weighted by molar-refractivity contribution is -0.255. The maximum absolute atomic E-state index is 13.5. The third-order valence-electron chi connectivity index (χ3n) is 4.62. The number of benzene rings is 2. The van der Waals surface area contributed by atoms with Crippen molar-refractivity contribution in [3.05, 3.63) is 47.8 Å². The highest BCUT2D eigenvalue weighted by Crippen LogP contribution is 2.47. The molecule has 0 bridgehead atoms. The van der Waals surface area contributed by atoms with Gasteiger partial charge in [-0.2, -0.15) is 0 Å². The van der Waals surface area contributed by atoms with Crippen molar-refractivity contribution in [2.45, 2.75) is 36.4 Å². The van der Waals surface area contributed by atoms with E-state index >= 15 is 0 Å². The second-order valence-corrected chi connectivity index (χ2v) is 8.20. The summed E-state index contributed by atoms with van der Waals surface area (Å²) >= 11 is 0. The zero-order valence-electron chi connectivity index (χ0n) is 14.0. The summed E-state index contributed by atoms with van der Waals surface area (Å²) in [5.74, 6) is -2.55. The van der Waals surface area contributed by atoms with Crippen LogP contribution in [0.5, 0.6) is 11.5 Å². The third kappa shape index (κ3) is 3.18. The van der Waals surface area contributed by atoms with E-state index in [1.807, 2.05) is 0 Å². The highest BCUT2D eigenvalue weighted by Gasteiger charge is 2.44. The number of anilines is 1. The van der Waals surface area contributed by atoms with Crippen LogP contribution in [0, 0.1) is 5.82 Å². The largest absolute Gasteiger partial charge is 0.545 e. The van der Waals surface area contributed by atoms with E-state index in [4.69, 9.17) is 9.47 Å². The molecule has 0 saturated heterocycles. The molecule has 2 aromatic rings. The molecule has 2 aliphatic rings. The predicted molar refractivity (Wildman–Crippen MR) is 90.4 cm³/mol. The number of ether oxygens (including phenoxy) is 2. The number of carbonyl (C=O) groups excluding carboxylic acids is 1. The monoisotopic (exact) mass is 392 g/mol. The number of fused-ring (bicyclic) bond motifs is 1. The summed E-state index contributed by atoms with van der Waals surface area (Å²) in [6.07, 6.45) is 3.53. The second kappa shape index (κ2) is 6.12. The number of carboxylic acid groups (broad SMARTS) is 1. The molecule has 1 N–H and O–H groups in total. The highest BCUT2D eigenvalue weighted by molar-refractivity contribution is 7.92. The summed E-state index contributed by atoms with van der Waals surface area (Å²) in [5, 5.41) is 10.9. The Morgan fingerprint density at radius 1 is 1.07 bits per heavy atom. The molecule has 27 heavy (non-hydrogen) atoms. The van der Waals surface area contributed by atoms with Crippen LogP contribution in [0.15, 0.2) is 41.3 Å². The number of hydrogen-bond acceptors (Lipinski definition) is 6. The van der Waals surface area contributed by atoms with Gasteiger partial charge in [-0.3, -0.25) is 4.72 Å². The molecule has 1 saturated carbocycles. The predicted octanol–water partition coefficient (Wildman–Crippen LogP) is 2.03. The van der Waals surface area contributed by atoms with Gasteiger partial charge in [-0.25, -0.2) is 12.8 Å². The molecule has 1 heterocycles. The zero-order valence-corrected chi connectivity index (χ0v) is 14.8. The topological polar surface area (TPSA) is 105 Å². The first kappa shape index (κ1) is 17.6. The van der Waals surface area contributed by atoms with E-state index in [1.165, 1.54) is 12.1 Å². The smallest absolute Gasteiger partial charge is 0.261 e. The standard InChI is InChI=1S/C18H16FNO6S/c19-14-5-4-12(10-13(14)17(21)22)27(23,24)20-11-3-6-15-16(9-11)26-18(25-15)7-1-2-8-18/h3-6,9-10,20H,1-2,7-8H2,(H,21,22)/p-1. The summed E-state index contributed by atoms with van der Waals surface area (Å²) in [7, 11) is -4.14. The van der Waals surface area contributed by atoms with Crippen molar-refractivity contribution in [1.29, 1.82) is 0 Å². The molecule has 142 valence electrons. The molecule has 2 aromatic carbocycles. The Balaban J connectivity index is 1.60. The van der Waals surface area contributed by atoms with Crippen LogP contribution in [0.1, 0.15) is 36.0 Å². The summed E-state index contributed by atoms with van der Waals surface area (Å²) in [6.45, 7) is 0. The molecule has 0 aromatic heterocycles. The van der Waals surface area contributed by atoms with Crippen molar-refractivity contribution >= 4 is 21.7 Å². The summed E-state index contributed by atoms with van der Waals surface area (Å²) in [4.78, 5) is 10.5. The average molecular weight is 392 g/mol. The Morgan fingerprint density at radius 3 is 2.48 bits per heavy atom. The van der Waals surface area contributed by atoms with E-state index in [2.05, 4.69) is 4.72 Å². The molecule has 9 heteroatoms. The second-order valence-electron chi connectivity index (χ2n) is 6.52. The van der Waals surface area contributed by atoms with Gasteiger partial charge in [0.2, 0.25) is 0 Å². The van der Waals surface area contributed by atoms with Crippen molar-refractivity contribution in [2.24, 2.45) is 0 Å². The van der Waals surface area contributed by atoms with Crippen LogP contribution < -0.4 is 19.3 Å². The maximum Gasteiger partial charge on any atom is 0.261 e. The Morgan fingerprint density at radius 2 is 1.78 bits per heavy atom. The molecule has 1 aliphatic carbocycles. The zero-order chi connectivity index (χ0) is 19.2. The fourth-order valence-electron chi connectivity index (χ4n) is 3.32. The molecule has 1 fully saturated rings. The SMILES string of the molecule is O=C([O-])c1cc(S(=O)(=O)Nc2ccc3c(c2)OC2(CCCC2)O3)ccc1F. The summed E-state index contributed by atoms with van der Waals surface area (Å²) in [5.41, 5.74) is -0.613. The molecule has 0 unspecified atom stereocenters. The third-order valence-corrected chi connectivity index (χ3v) is 6.00.